The molecule has 5 heteroatoms. The average Bonchev–Trinajstić information content (AvgIpc) is 2.35. The summed E-state index contributed by atoms with van der Waals surface area (Å²) in [6, 6.07) is 3.08. The lowest BCUT2D eigenvalue weighted by atomic mass is 10.1. The SMILES string of the molecule is C=C(C(=O)O)c1cc(OC)c(OC)cc1OC. The van der Waals surface area contributed by atoms with Gasteiger partial charge in [0.15, 0.2) is 11.5 Å². The van der Waals surface area contributed by atoms with E-state index in [1.807, 2.05) is 0 Å². The Hall–Kier alpha value is -2.17. The van der Waals surface area contributed by atoms with Gasteiger partial charge in [0.2, 0.25) is 0 Å². The van der Waals surface area contributed by atoms with Crippen LogP contribution in [0.15, 0.2) is 18.7 Å². The zero-order chi connectivity index (χ0) is 13.0. The molecule has 0 amide bonds. The van der Waals surface area contributed by atoms with Gasteiger partial charge in [-0.1, -0.05) is 6.58 Å². The lowest BCUT2D eigenvalue weighted by molar-refractivity contribution is -0.130. The Morgan fingerprint density at radius 2 is 1.53 bits per heavy atom. The average molecular weight is 238 g/mol. The van der Waals surface area contributed by atoms with Gasteiger partial charge in [0.25, 0.3) is 0 Å². The Morgan fingerprint density at radius 3 is 1.94 bits per heavy atom. The second kappa shape index (κ2) is 5.25. The lowest BCUT2D eigenvalue weighted by Gasteiger charge is -2.13. The summed E-state index contributed by atoms with van der Waals surface area (Å²) in [5.41, 5.74) is 0.292. The third-order valence-corrected chi connectivity index (χ3v) is 2.29. The third kappa shape index (κ3) is 2.50. The van der Waals surface area contributed by atoms with Crippen LogP contribution in [0.5, 0.6) is 17.2 Å². The number of aliphatic carboxylic acids is 1. The second-order valence-corrected chi connectivity index (χ2v) is 3.19. The van der Waals surface area contributed by atoms with Crippen molar-refractivity contribution in [2.75, 3.05) is 21.3 Å². The summed E-state index contributed by atoms with van der Waals surface area (Å²) in [5, 5.41) is 8.92. The van der Waals surface area contributed by atoms with Crippen LogP contribution in [0.2, 0.25) is 0 Å². The Labute approximate surface area is 99.2 Å². The van der Waals surface area contributed by atoms with E-state index >= 15 is 0 Å². The van der Waals surface area contributed by atoms with E-state index in [-0.39, 0.29) is 5.57 Å². The van der Waals surface area contributed by atoms with E-state index in [2.05, 4.69) is 6.58 Å². The number of rotatable bonds is 5. The molecule has 0 bridgehead atoms. The fourth-order valence-electron chi connectivity index (χ4n) is 1.38. The van der Waals surface area contributed by atoms with Crippen LogP contribution in [-0.4, -0.2) is 32.4 Å². The highest BCUT2D eigenvalue weighted by Crippen LogP contribution is 2.37. The quantitative estimate of drug-likeness (QED) is 0.792. The number of carboxylic acid groups (broad SMARTS) is 1. The number of carbonyl (C=O) groups is 1. The Kier molecular flexibility index (Phi) is 3.98. The van der Waals surface area contributed by atoms with Crippen molar-refractivity contribution in [3.8, 4) is 17.2 Å². The van der Waals surface area contributed by atoms with Crippen LogP contribution in [0.4, 0.5) is 0 Å². The van der Waals surface area contributed by atoms with Crippen LogP contribution >= 0.6 is 0 Å². The van der Waals surface area contributed by atoms with E-state index < -0.39 is 5.97 Å². The first-order valence-electron chi connectivity index (χ1n) is 4.77. The van der Waals surface area contributed by atoms with Crippen molar-refractivity contribution >= 4 is 11.5 Å². The molecule has 0 atom stereocenters. The molecule has 0 unspecified atom stereocenters. The molecule has 0 radical (unpaired) electrons. The van der Waals surface area contributed by atoms with E-state index in [4.69, 9.17) is 19.3 Å². The molecule has 0 saturated heterocycles. The molecule has 92 valence electrons. The van der Waals surface area contributed by atoms with E-state index in [1.54, 1.807) is 6.07 Å². The zero-order valence-corrected chi connectivity index (χ0v) is 9.94. The summed E-state index contributed by atoms with van der Waals surface area (Å²) in [5.74, 6) is 0.141. The van der Waals surface area contributed by atoms with Crippen LogP contribution in [0, 0.1) is 0 Å². The molecule has 0 aliphatic carbocycles. The Balaban J connectivity index is 3.38. The summed E-state index contributed by atoms with van der Waals surface area (Å²) in [4.78, 5) is 10.9. The first-order valence-corrected chi connectivity index (χ1v) is 4.77. The smallest absolute Gasteiger partial charge is 0.335 e. The van der Waals surface area contributed by atoms with Gasteiger partial charge in [0, 0.05) is 11.6 Å². The van der Waals surface area contributed by atoms with Crippen molar-refractivity contribution in [3.63, 3.8) is 0 Å². The summed E-state index contributed by atoms with van der Waals surface area (Å²) in [6.45, 7) is 3.49. The molecule has 0 spiro atoms. The minimum atomic E-state index is -1.12. The normalized spacial score (nSPS) is 9.59. The van der Waals surface area contributed by atoms with Crippen LogP contribution in [-0.2, 0) is 4.79 Å². The fourth-order valence-corrected chi connectivity index (χ4v) is 1.38. The number of hydrogen-bond donors (Lipinski definition) is 1. The van der Waals surface area contributed by atoms with Crippen LogP contribution in [0.3, 0.4) is 0 Å². The third-order valence-electron chi connectivity index (χ3n) is 2.29. The molecular formula is C12H14O5. The molecule has 0 aliphatic heterocycles. The molecule has 5 nitrogen and oxygen atoms in total. The number of benzene rings is 1. The molecule has 17 heavy (non-hydrogen) atoms. The van der Waals surface area contributed by atoms with E-state index in [1.165, 1.54) is 27.4 Å². The maximum atomic E-state index is 10.9. The summed E-state index contributed by atoms with van der Waals surface area (Å²) < 4.78 is 15.3. The van der Waals surface area contributed by atoms with Gasteiger partial charge in [-0.3, -0.25) is 0 Å². The monoisotopic (exact) mass is 238 g/mol. The molecular weight excluding hydrogens is 224 g/mol. The Morgan fingerprint density at radius 1 is 1.06 bits per heavy atom. The number of carboxylic acids is 1. The minimum Gasteiger partial charge on any atom is -0.496 e. The molecule has 1 N–H and O–H groups in total. The number of methoxy groups -OCH3 is 3. The van der Waals surface area contributed by atoms with Gasteiger partial charge >= 0.3 is 5.97 Å². The maximum absolute atomic E-state index is 10.9. The van der Waals surface area contributed by atoms with Gasteiger partial charge in [0.1, 0.15) is 5.75 Å². The maximum Gasteiger partial charge on any atom is 0.335 e. The van der Waals surface area contributed by atoms with Crippen LogP contribution in [0.1, 0.15) is 5.56 Å². The predicted molar refractivity (Wildman–Crippen MR) is 62.8 cm³/mol. The number of hydrogen-bond acceptors (Lipinski definition) is 4. The van der Waals surface area contributed by atoms with Crippen molar-refractivity contribution in [3.05, 3.63) is 24.3 Å². The minimum absolute atomic E-state index is 0.0668. The van der Waals surface area contributed by atoms with Crippen molar-refractivity contribution < 1.29 is 24.1 Å². The van der Waals surface area contributed by atoms with Gasteiger partial charge in [-0.05, 0) is 6.07 Å². The van der Waals surface area contributed by atoms with Gasteiger partial charge < -0.3 is 19.3 Å². The fraction of sp³-hybridized carbons (Fsp3) is 0.250. The molecule has 0 aromatic heterocycles. The Bertz CT molecular complexity index is 450. The molecule has 0 aliphatic rings. The molecule has 1 aromatic carbocycles. The topological polar surface area (TPSA) is 65.0 Å². The van der Waals surface area contributed by atoms with Gasteiger partial charge in [-0.15, -0.1) is 0 Å². The van der Waals surface area contributed by atoms with Crippen LogP contribution < -0.4 is 14.2 Å². The summed E-state index contributed by atoms with van der Waals surface area (Å²) >= 11 is 0. The van der Waals surface area contributed by atoms with Crippen molar-refractivity contribution in [2.45, 2.75) is 0 Å². The molecule has 0 heterocycles. The molecule has 0 saturated carbocycles. The first-order chi connectivity index (χ1) is 8.04. The van der Waals surface area contributed by atoms with Gasteiger partial charge in [0.05, 0.1) is 26.9 Å². The highest BCUT2D eigenvalue weighted by Gasteiger charge is 2.17. The van der Waals surface area contributed by atoms with Crippen molar-refractivity contribution in [1.82, 2.24) is 0 Å². The van der Waals surface area contributed by atoms with Crippen LogP contribution in [0.25, 0.3) is 5.57 Å². The molecule has 1 aromatic rings. The molecule has 1 rings (SSSR count). The van der Waals surface area contributed by atoms with Gasteiger partial charge in [-0.25, -0.2) is 4.79 Å². The number of ether oxygens (including phenoxy) is 3. The van der Waals surface area contributed by atoms with E-state index in [9.17, 15) is 4.79 Å². The van der Waals surface area contributed by atoms with Gasteiger partial charge in [-0.2, -0.15) is 0 Å². The molecule has 0 fully saturated rings. The standard InChI is InChI=1S/C12H14O5/c1-7(12(13)14)8-5-10(16-3)11(17-4)6-9(8)15-2/h5-6H,1H2,2-4H3,(H,13,14). The van der Waals surface area contributed by atoms with E-state index in [0.29, 0.717) is 22.8 Å². The highest BCUT2D eigenvalue weighted by molar-refractivity contribution is 6.15. The summed E-state index contributed by atoms with van der Waals surface area (Å²) in [7, 11) is 4.40. The second-order valence-electron chi connectivity index (χ2n) is 3.19. The largest absolute Gasteiger partial charge is 0.496 e. The summed E-state index contributed by atoms with van der Waals surface area (Å²) in [6.07, 6.45) is 0. The van der Waals surface area contributed by atoms with Crippen molar-refractivity contribution in [1.29, 1.82) is 0 Å². The zero-order valence-electron chi connectivity index (χ0n) is 9.94. The predicted octanol–water partition coefficient (Wildman–Crippen LogP) is 1.81. The lowest BCUT2D eigenvalue weighted by Crippen LogP contribution is -2.02. The highest BCUT2D eigenvalue weighted by atomic mass is 16.5. The van der Waals surface area contributed by atoms with E-state index in [0.717, 1.165) is 0 Å². The van der Waals surface area contributed by atoms with Crippen molar-refractivity contribution in [2.24, 2.45) is 0 Å². The first kappa shape index (κ1) is 12.9.